The quantitative estimate of drug-likeness (QED) is 0.831. The number of benzene rings is 1. The van der Waals surface area contributed by atoms with Gasteiger partial charge in [-0.3, -0.25) is 0 Å². The van der Waals surface area contributed by atoms with E-state index >= 15 is 0 Å². The van der Waals surface area contributed by atoms with E-state index in [4.69, 9.17) is 21.1 Å². The van der Waals surface area contributed by atoms with E-state index in [0.717, 1.165) is 25.7 Å². The van der Waals surface area contributed by atoms with E-state index in [9.17, 15) is 4.79 Å². The first-order valence-corrected chi connectivity index (χ1v) is 8.86. The average molecular weight is 377 g/mol. The van der Waals surface area contributed by atoms with E-state index in [2.05, 4.69) is 20.6 Å². The minimum atomic E-state index is -0.277. The maximum atomic E-state index is 12.3. The minimum Gasteiger partial charge on any atom is -0.495 e. The number of aromatic nitrogens is 2. The van der Waals surface area contributed by atoms with Gasteiger partial charge in [0.2, 0.25) is 0 Å². The third-order valence-corrected chi connectivity index (χ3v) is 4.47. The lowest BCUT2D eigenvalue weighted by Gasteiger charge is -2.28. The molecule has 0 unspecified atom stereocenters. The molecule has 1 aliphatic rings. The minimum absolute atomic E-state index is 0.0755. The van der Waals surface area contributed by atoms with Crippen molar-refractivity contribution in [3.8, 4) is 11.8 Å². The van der Waals surface area contributed by atoms with Crippen molar-refractivity contribution in [2.75, 3.05) is 12.4 Å². The number of urea groups is 1. The highest BCUT2D eigenvalue weighted by atomic mass is 35.5. The first kappa shape index (κ1) is 18.3. The van der Waals surface area contributed by atoms with Crippen LogP contribution in [0, 0.1) is 0 Å². The Labute approximate surface area is 157 Å². The second-order valence-electron chi connectivity index (χ2n) is 6.07. The topological polar surface area (TPSA) is 85.4 Å². The van der Waals surface area contributed by atoms with Gasteiger partial charge < -0.3 is 20.1 Å². The van der Waals surface area contributed by atoms with Crippen LogP contribution in [0.25, 0.3) is 0 Å². The third kappa shape index (κ3) is 4.98. The molecule has 1 aliphatic carbocycles. The fraction of sp³-hybridized carbons (Fsp3) is 0.389. The van der Waals surface area contributed by atoms with Gasteiger partial charge in [-0.2, -0.15) is 0 Å². The van der Waals surface area contributed by atoms with Crippen molar-refractivity contribution in [1.82, 2.24) is 15.3 Å². The Morgan fingerprint density at radius 3 is 2.62 bits per heavy atom. The zero-order valence-electron chi connectivity index (χ0n) is 14.4. The number of anilines is 1. The summed E-state index contributed by atoms with van der Waals surface area (Å²) in [5.74, 6) is 0.560. The van der Waals surface area contributed by atoms with Crippen LogP contribution in [0.2, 0.25) is 5.02 Å². The summed E-state index contributed by atoms with van der Waals surface area (Å²) >= 11 is 5.98. The molecule has 1 aromatic carbocycles. The highest BCUT2D eigenvalue weighted by molar-refractivity contribution is 6.31. The van der Waals surface area contributed by atoms with Crippen molar-refractivity contribution < 1.29 is 14.3 Å². The van der Waals surface area contributed by atoms with Crippen LogP contribution in [0.4, 0.5) is 10.5 Å². The molecule has 138 valence electrons. The number of carbonyl (C=O) groups is 1. The molecule has 0 bridgehead atoms. The van der Waals surface area contributed by atoms with Gasteiger partial charge in [-0.05, 0) is 49.9 Å². The van der Waals surface area contributed by atoms with Gasteiger partial charge >= 0.3 is 12.0 Å². The summed E-state index contributed by atoms with van der Waals surface area (Å²) < 4.78 is 11.0. The van der Waals surface area contributed by atoms with Crippen molar-refractivity contribution in [3.63, 3.8) is 0 Å². The van der Waals surface area contributed by atoms with E-state index in [1.54, 1.807) is 43.8 Å². The fourth-order valence-corrected chi connectivity index (χ4v) is 3.11. The normalized spacial score (nSPS) is 19.5. The van der Waals surface area contributed by atoms with Gasteiger partial charge in [0, 0.05) is 23.5 Å². The smallest absolute Gasteiger partial charge is 0.319 e. The molecule has 8 heteroatoms. The first-order chi connectivity index (χ1) is 12.6. The molecule has 0 radical (unpaired) electrons. The van der Waals surface area contributed by atoms with E-state index < -0.39 is 0 Å². The predicted octanol–water partition coefficient (Wildman–Crippen LogP) is 3.65. The van der Waals surface area contributed by atoms with Crippen LogP contribution in [-0.4, -0.2) is 35.3 Å². The average Bonchev–Trinajstić information content (AvgIpc) is 2.64. The molecule has 1 aromatic heterocycles. The molecule has 2 N–H and O–H groups in total. The molecular formula is C18H21ClN4O3. The van der Waals surface area contributed by atoms with Gasteiger partial charge in [-0.1, -0.05) is 11.6 Å². The van der Waals surface area contributed by atoms with E-state index in [1.807, 2.05) is 0 Å². The number of amides is 2. The van der Waals surface area contributed by atoms with Crippen LogP contribution in [0.15, 0.2) is 36.7 Å². The Kier molecular flexibility index (Phi) is 6.12. The predicted molar refractivity (Wildman–Crippen MR) is 98.9 cm³/mol. The lowest BCUT2D eigenvalue weighted by atomic mass is 9.93. The lowest BCUT2D eigenvalue weighted by molar-refractivity contribution is 0.129. The highest BCUT2D eigenvalue weighted by Crippen LogP contribution is 2.28. The molecule has 0 aliphatic heterocycles. The summed E-state index contributed by atoms with van der Waals surface area (Å²) in [5, 5.41) is 6.31. The van der Waals surface area contributed by atoms with Crippen molar-refractivity contribution in [3.05, 3.63) is 41.7 Å². The molecule has 3 rings (SSSR count). The van der Waals surface area contributed by atoms with E-state index in [0.29, 0.717) is 22.5 Å². The monoisotopic (exact) mass is 376 g/mol. The highest BCUT2D eigenvalue weighted by Gasteiger charge is 2.24. The number of rotatable bonds is 5. The number of halogens is 1. The number of carbonyl (C=O) groups excluding carboxylic acids is 1. The van der Waals surface area contributed by atoms with Crippen molar-refractivity contribution >= 4 is 23.3 Å². The Morgan fingerprint density at radius 1 is 1.19 bits per heavy atom. The summed E-state index contributed by atoms with van der Waals surface area (Å²) in [4.78, 5) is 20.4. The number of nitrogens with zero attached hydrogens (tertiary/aromatic N) is 2. The maximum absolute atomic E-state index is 12.3. The van der Waals surface area contributed by atoms with Crippen LogP contribution in [0.1, 0.15) is 25.7 Å². The van der Waals surface area contributed by atoms with Gasteiger partial charge in [0.1, 0.15) is 11.9 Å². The van der Waals surface area contributed by atoms with Gasteiger partial charge in [0.25, 0.3) is 0 Å². The molecule has 1 fully saturated rings. The maximum Gasteiger partial charge on any atom is 0.319 e. The third-order valence-electron chi connectivity index (χ3n) is 4.23. The molecule has 1 heterocycles. The van der Waals surface area contributed by atoms with Gasteiger partial charge in [-0.15, -0.1) is 0 Å². The summed E-state index contributed by atoms with van der Waals surface area (Å²) in [5.41, 5.74) is 0.538. The second-order valence-corrected chi connectivity index (χ2v) is 6.50. The molecule has 0 spiro atoms. The van der Waals surface area contributed by atoms with Crippen LogP contribution < -0.4 is 20.1 Å². The number of nitrogens with one attached hydrogen (secondary N) is 2. The zero-order valence-corrected chi connectivity index (χ0v) is 15.2. The Hall–Kier alpha value is -2.54. The van der Waals surface area contributed by atoms with Crippen LogP contribution >= 0.6 is 11.6 Å². The number of ether oxygens (including phenoxy) is 2. The summed E-state index contributed by atoms with van der Waals surface area (Å²) in [7, 11) is 1.55. The zero-order chi connectivity index (χ0) is 18.4. The standard InChI is InChI=1S/C18H21ClN4O3/c1-25-16-8-3-12(19)11-15(16)23-17(24)22-13-4-6-14(7-5-13)26-18-20-9-2-10-21-18/h2-3,8-11,13-14H,4-7H2,1H3,(H2,22,23,24). The van der Waals surface area contributed by atoms with Crippen LogP contribution in [0.5, 0.6) is 11.8 Å². The Bertz CT molecular complexity index is 736. The van der Waals surface area contributed by atoms with Crippen LogP contribution in [-0.2, 0) is 0 Å². The molecule has 26 heavy (non-hydrogen) atoms. The molecule has 0 atom stereocenters. The molecular weight excluding hydrogens is 356 g/mol. The van der Waals surface area contributed by atoms with Crippen molar-refractivity contribution in [2.45, 2.75) is 37.8 Å². The van der Waals surface area contributed by atoms with E-state index in [-0.39, 0.29) is 18.2 Å². The Balaban J connectivity index is 1.47. The SMILES string of the molecule is COc1ccc(Cl)cc1NC(=O)NC1CCC(Oc2ncccn2)CC1. The fourth-order valence-electron chi connectivity index (χ4n) is 2.94. The molecule has 2 amide bonds. The van der Waals surface area contributed by atoms with Crippen molar-refractivity contribution in [2.24, 2.45) is 0 Å². The van der Waals surface area contributed by atoms with Gasteiger partial charge in [-0.25, -0.2) is 14.8 Å². The number of hydrogen-bond acceptors (Lipinski definition) is 5. The van der Waals surface area contributed by atoms with Crippen molar-refractivity contribution in [1.29, 1.82) is 0 Å². The molecule has 7 nitrogen and oxygen atoms in total. The molecule has 1 saturated carbocycles. The summed E-state index contributed by atoms with van der Waals surface area (Å²) in [6.45, 7) is 0. The first-order valence-electron chi connectivity index (χ1n) is 8.49. The van der Waals surface area contributed by atoms with Gasteiger partial charge in [0.05, 0.1) is 12.8 Å². The lowest BCUT2D eigenvalue weighted by Crippen LogP contribution is -2.41. The van der Waals surface area contributed by atoms with Gasteiger partial charge in [0.15, 0.2) is 0 Å². The summed E-state index contributed by atoms with van der Waals surface area (Å²) in [6.07, 6.45) is 6.72. The summed E-state index contributed by atoms with van der Waals surface area (Å²) in [6, 6.07) is 7.05. The van der Waals surface area contributed by atoms with E-state index in [1.165, 1.54) is 0 Å². The van der Waals surface area contributed by atoms with Crippen LogP contribution in [0.3, 0.4) is 0 Å². The number of methoxy groups -OCH3 is 1. The second kappa shape index (κ2) is 8.71. The molecule has 2 aromatic rings. The Morgan fingerprint density at radius 2 is 1.92 bits per heavy atom. The molecule has 0 saturated heterocycles. The largest absolute Gasteiger partial charge is 0.495 e. The number of hydrogen-bond donors (Lipinski definition) is 2.